The van der Waals surface area contributed by atoms with E-state index in [1.165, 1.54) is 25.7 Å². The Bertz CT molecular complexity index is 347. The van der Waals surface area contributed by atoms with E-state index in [2.05, 4.69) is 24.0 Å². The standard InChI is InChI=1S/C13H24N4/c1-11-4-3-5-13(8-11)16(2)6-7-17-10-12(14)9-15-17/h9-11,13H,3-8,14H2,1-2H3. The molecule has 0 saturated heterocycles. The van der Waals surface area contributed by atoms with Gasteiger partial charge in [0.1, 0.15) is 0 Å². The minimum absolute atomic E-state index is 0.749. The zero-order chi connectivity index (χ0) is 12.3. The van der Waals surface area contributed by atoms with Crippen LogP contribution in [-0.2, 0) is 6.54 Å². The number of nitrogens with two attached hydrogens (primary N) is 1. The molecule has 2 N–H and O–H groups in total. The minimum Gasteiger partial charge on any atom is -0.396 e. The highest BCUT2D eigenvalue weighted by Crippen LogP contribution is 2.26. The van der Waals surface area contributed by atoms with Crippen LogP contribution in [0.3, 0.4) is 0 Å². The van der Waals surface area contributed by atoms with Crippen molar-refractivity contribution >= 4 is 5.69 Å². The van der Waals surface area contributed by atoms with Crippen molar-refractivity contribution in [3.05, 3.63) is 12.4 Å². The second-order valence-corrected chi connectivity index (χ2v) is 5.44. The Labute approximate surface area is 104 Å². The van der Waals surface area contributed by atoms with Crippen LogP contribution < -0.4 is 5.73 Å². The molecular formula is C13H24N4. The molecule has 2 unspecified atom stereocenters. The summed E-state index contributed by atoms with van der Waals surface area (Å²) in [6, 6.07) is 0.756. The van der Waals surface area contributed by atoms with Crippen molar-refractivity contribution in [1.82, 2.24) is 14.7 Å². The van der Waals surface area contributed by atoms with Gasteiger partial charge in [0.25, 0.3) is 0 Å². The van der Waals surface area contributed by atoms with Gasteiger partial charge in [0.15, 0.2) is 0 Å². The molecule has 0 aliphatic heterocycles. The molecule has 2 rings (SSSR count). The van der Waals surface area contributed by atoms with Gasteiger partial charge < -0.3 is 10.6 Å². The molecule has 1 aliphatic carbocycles. The quantitative estimate of drug-likeness (QED) is 0.869. The molecule has 1 fully saturated rings. The molecule has 96 valence electrons. The molecule has 1 heterocycles. The summed E-state index contributed by atoms with van der Waals surface area (Å²) in [7, 11) is 2.23. The number of nitrogen functional groups attached to an aromatic ring is 1. The molecule has 1 aliphatic rings. The van der Waals surface area contributed by atoms with Crippen LogP contribution in [-0.4, -0.2) is 34.3 Å². The molecule has 2 atom stereocenters. The third kappa shape index (κ3) is 3.46. The largest absolute Gasteiger partial charge is 0.396 e. The molecule has 0 spiro atoms. The van der Waals surface area contributed by atoms with E-state index >= 15 is 0 Å². The normalized spacial score (nSPS) is 25.4. The average Bonchev–Trinajstić information content (AvgIpc) is 2.72. The Morgan fingerprint density at radius 3 is 3.00 bits per heavy atom. The number of hydrogen-bond donors (Lipinski definition) is 1. The van der Waals surface area contributed by atoms with E-state index in [0.29, 0.717) is 0 Å². The van der Waals surface area contributed by atoms with Crippen LogP contribution in [0, 0.1) is 5.92 Å². The van der Waals surface area contributed by atoms with Crippen LogP contribution in [0.5, 0.6) is 0 Å². The number of aromatic nitrogens is 2. The summed E-state index contributed by atoms with van der Waals surface area (Å²) in [5.41, 5.74) is 6.40. The molecule has 0 aromatic carbocycles. The zero-order valence-electron chi connectivity index (χ0n) is 11.0. The van der Waals surface area contributed by atoms with E-state index in [4.69, 9.17) is 5.73 Å². The Hall–Kier alpha value is -1.03. The van der Waals surface area contributed by atoms with Crippen molar-refractivity contribution in [2.45, 2.75) is 45.2 Å². The highest BCUT2D eigenvalue weighted by atomic mass is 15.3. The Kier molecular flexibility index (Phi) is 4.05. The number of nitrogens with zero attached hydrogens (tertiary/aromatic N) is 3. The second-order valence-electron chi connectivity index (χ2n) is 5.44. The maximum absolute atomic E-state index is 5.65. The van der Waals surface area contributed by atoms with Crippen LogP contribution >= 0.6 is 0 Å². The first kappa shape index (κ1) is 12.4. The van der Waals surface area contributed by atoms with Crippen LogP contribution in [0.25, 0.3) is 0 Å². The summed E-state index contributed by atoms with van der Waals surface area (Å²) in [6.07, 6.45) is 9.09. The molecule has 4 nitrogen and oxygen atoms in total. The molecule has 0 radical (unpaired) electrons. The molecule has 0 bridgehead atoms. The average molecular weight is 236 g/mol. The second kappa shape index (κ2) is 5.54. The fraction of sp³-hybridized carbons (Fsp3) is 0.769. The van der Waals surface area contributed by atoms with Crippen molar-refractivity contribution in [2.24, 2.45) is 5.92 Å². The third-order valence-corrected chi connectivity index (χ3v) is 3.87. The van der Waals surface area contributed by atoms with Gasteiger partial charge in [-0.2, -0.15) is 5.10 Å². The van der Waals surface area contributed by atoms with Gasteiger partial charge in [-0.1, -0.05) is 19.8 Å². The fourth-order valence-corrected chi connectivity index (χ4v) is 2.75. The Morgan fingerprint density at radius 1 is 1.53 bits per heavy atom. The summed E-state index contributed by atoms with van der Waals surface area (Å²) in [5, 5.41) is 4.21. The smallest absolute Gasteiger partial charge is 0.0719 e. The van der Waals surface area contributed by atoms with Gasteiger partial charge in [0.2, 0.25) is 0 Å². The lowest BCUT2D eigenvalue weighted by molar-refractivity contribution is 0.158. The zero-order valence-corrected chi connectivity index (χ0v) is 11.0. The van der Waals surface area contributed by atoms with Gasteiger partial charge in [-0.25, -0.2) is 0 Å². The fourth-order valence-electron chi connectivity index (χ4n) is 2.75. The topological polar surface area (TPSA) is 47.1 Å². The van der Waals surface area contributed by atoms with Gasteiger partial charge in [-0.05, 0) is 25.8 Å². The van der Waals surface area contributed by atoms with Crippen molar-refractivity contribution in [2.75, 3.05) is 19.3 Å². The first-order chi connectivity index (χ1) is 8.15. The summed E-state index contributed by atoms with van der Waals surface area (Å²) in [5.74, 6) is 0.886. The van der Waals surface area contributed by atoms with Crippen LogP contribution in [0.4, 0.5) is 5.69 Å². The van der Waals surface area contributed by atoms with Crippen LogP contribution in [0.15, 0.2) is 12.4 Å². The van der Waals surface area contributed by atoms with E-state index < -0.39 is 0 Å². The molecule has 1 aromatic rings. The Morgan fingerprint density at radius 2 is 2.35 bits per heavy atom. The van der Waals surface area contributed by atoms with Gasteiger partial charge in [0, 0.05) is 18.8 Å². The number of rotatable bonds is 4. The highest BCUT2D eigenvalue weighted by Gasteiger charge is 2.21. The lowest BCUT2D eigenvalue weighted by Crippen LogP contribution is -2.37. The van der Waals surface area contributed by atoms with E-state index in [-0.39, 0.29) is 0 Å². The molecule has 0 amide bonds. The summed E-state index contributed by atoms with van der Waals surface area (Å²) < 4.78 is 1.93. The minimum atomic E-state index is 0.749. The third-order valence-electron chi connectivity index (χ3n) is 3.87. The lowest BCUT2D eigenvalue weighted by atomic mass is 9.86. The summed E-state index contributed by atoms with van der Waals surface area (Å²) in [6.45, 7) is 4.35. The maximum atomic E-state index is 5.65. The van der Waals surface area contributed by atoms with E-state index in [9.17, 15) is 0 Å². The molecule has 4 heteroatoms. The molecular weight excluding hydrogens is 212 g/mol. The first-order valence-corrected chi connectivity index (χ1v) is 6.63. The first-order valence-electron chi connectivity index (χ1n) is 6.63. The monoisotopic (exact) mass is 236 g/mol. The SMILES string of the molecule is CC1CCCC(N(C)CCn2cc(N)cn2)C1. The number of likely N-dealkylation sites (N-methyl/N-ethyl adjacent to an activating group) is 1. The van der Waals surface area contributed by atoms with Crippen molar-refractivity contribution in [1.29, 1.82) is 0 Å². The van der Waals surface area contributed by atoms with Crippen molar-refractivity contribution < 1.29 is 0 Å². The van der Waals surface area contributed by atoms with E-state index in [1.807, 2.05) is 10.9 Å². The van der Waals surface area contributed by atoms with Crippen LogP contribution in [0.1, 0.15) is 32.6 Å². The molecule has 17 heavy (non-hydrogen) atoms. The number of hydrogen-bond acceptors (Lipinski definition) is 3. The molecule has 1 aromatic heterocycles. The summed E-state index contributed by atoms with van der Waals surface area (Å²) in [4.78, 5) is 2.48. The highest BCUT2D eigenvalue weighted by molar-refractivity contribution is 5.30. The van der Waals surface area contributed by atoms with Gasteiger partial charge in [-0.15, -0.1) is 0 Å². The summed E-state index contributed by atoms with van der Waals surface area (Å²) >= 11 is 0. The van der Waals surface area contributed by atoms with Gasteiger partial charge in [-0.3, -0.25) is 4.68 Å². The number of anilines is 1. The Balaban J connectivity index is 1.78. The van der Waals surface area contributed by atoms with Crippen molar-refractivity contribution in [3.8, 4) is 0 Å². The maximum Gasteiger partial charge on any atom is 0.0719 e. The van der Waals surface area contributed by atoms with Crippen LogP contribution in [0.2, 0.25) is 0 Å². The predicted octanol–water partition coefficient (Wildman–Crippen LogP) is 1.98. The van der Waals surface area contributed by atoms with E-state index in [0.717, 1.165) is 30.7 Å². The molecule has 1 saturated carbocycles. The van der Waals surface area contributed by atoms with E-state index in [1.54, 1.807) is 6.20 Å². The lowest BCUT2D eigenvalue weighted by Gasteiger charge is -2.34. The van der Waals surface area contributed by atoms with Crippen molar-refractivity contribution in [3.63, 3.8) is 0 Å². The predicted molar refractivity (Wildman–Crippen MR) is 70.7 cm³/mol. The van der Waals surface area contributed by atoms with Gasteiger partial charge >= 0.3 is 0 Å². The van der Waals surface area contributed by atoms with Gasteiger partial charge in [0.05, 0.1) is 18.4 Å².